The van der Waals surface area contributed by atoms with Gasteiger partial charge in [0.15, 0.2) is 0 Å². The zero-order valence-corrected chi connectivity index (χ0v) is 15.0. The molecular weight excluding hydrogens is 355 g/mol. The van der Waals surface area contributed by atoms with Crippen LogP contribution < -0.4 is 24.8 Å². The van der Waals surface area contributed by atoms with E-state index in [0.29, 0.717) is 0 Å². The molecule has 2 aliphatic rings. The summed E-state index contributed by atoms with van der Waals surface area (Å²) in [7, 11) is 3.78. The summed E-state index contributed by atoms with van der Waals surface area (Å²) in [6.07, 6.45) is 14.8. The third-order valence-electron chi connectivity index (χ3n) is 3.67. The Morgan fingerprint density at radius 2 is 1.50 bits per heavy atom. The van der Waals surface area contributed by atoms with Crippen molar-refractivity contribution in [2.75, 3.05) is 20.6 Å². The van der Waals surface area contributed by atoms with Crippen molar-refractivity contribution in [3.8, 4) is 0 Å². The second-order valence-corrected chi connectivity index (χ2v) is 5.12. The summed E-state index contributed by atoms with van der Waals surface area (Å²) in [5.74, 6) is 0. The van der Waals surface area contributed by atoms with Gasteiger partial charge in [0.1, 0.15) is 12.3 Å². The summed E-state index contributed by atoms with van der Waals surface area (Å²) < 4.78 is 0. The van der Waals surface area contributed by atoms with E-state index in [-0.39, 0.29) is 37.1 Å². The van der Waals surface area contributed by atoms with Crippen LogP contribution in [-0.4, -0.2) is 65.0 Å². The van der Waals surface area contributed by atoms with Gasteiger partial charge < -0.3 is 65.1 Å². The van der Waals surface area contributed by atoms with Gasteiger partial charge in [0, 0.05) is 64.1 Å². The minimum Gasteiger partial charge on any atom is -1.00 e. The van der Waals surface area contributed by atoms with Crippen LogP contribution in [0, 0.1) is 10.4 Å². The lowest BCUT2D eigenvalue weighted by Gasteiger charge is -2.27. The van der Waals surface area contributed by atoms with Gasteiger partial charge in [-0.3, -0.25) is 0 Å². The molecule has 2 rings (SSSR count). The van der Waals surface area contributed by atoms with Crippen LogP contribution in [-0.2, 0) is 0 Å². The highest BCUT2D eigenvalue weighted by atomic mass is 35.5. The van der Waals surface area contributed by atoms with Crippen molar-refractivity contribution in [3.05, 3.63) is 47.5 Å². The maximum Gasteiger partial charge on any atom is 0.140 e. The lowest BCUT2D eigenvalue weighted by atomic mass is 10.3. The van der Waals surface area contributed by atoms with E-state index in [1.807, 2.05) is 70.8 Å². The Morgan fingerprint density at radius 3 is 2.17 bits per heavy atom. The van der Waals surface area contributed by atoms with Crippen molar-refractivity contribution in [3.63, 3.8) is 0 Å². The predicted molar refractivity (Wildman–Crippen MR) is 87.4 cm³/mol. The Bertz CT molecular complexity index is 511. The molecule has 0 aromatic carbocycles. The van der Waals surface area contributed by atoms with Gasteiger partial charge in [0.25, 0.3) is 0 Å². The third-order valence-corrected chi connectivity index (χ3v) is 3.67. The summed E-state index contributed by atoms with van der Waals surface area (Å²) in [5, 5.41) is 26.6. The van der Waals surface area contributed by atoms with Gasteiger partial charge in [0.2, 0.25) is 0 Å². The Labute approximate surface area is 154 Å². The van der Waals surface area contributed by atoms with Crippen LogP contribution in [0.25, 0.3) is 0 Å². The van der Waals surface area contributed by atoms with Crippen LogP contribution in [0.4, 0.5) is 0 Å². The topological polar surface area (TPSA) is 83.8 Å². The molecule has 2 heterocycles. The molecule has 24 heavy (non-hydrogen) atoms. The second-order valence-electron chi connectivity index (χ2n) is 5.12. The summed E-state index contributed by atoms with van der Waals surface area (Å²) in [6.45, 7) is 0.766. The van der Waals surface area contributed by atoms with E-state index >= 15 is 0 Å². The van der Waals surface area contributed by atoms with Gasteiger partial charge >= 0.3 is 0 Å². The normalized spacial score (nSPS) is 23.1. The third kappa shape index (κ3) is 5.24. The molecule has 2 atom stereocenters. The Balaban J connectivity index is 0.00000264. The second kappa shape index (κ2) is 10.7. The maximum atomic E-state index is 10.4. The largest absolute Gasteiger partial charge is 1.00 e. The minimum atomic E-state index is -0.174. The Hall–Kier alpha value is -2.06. The van der Waals surface area contributed by atoms with E-state index in [2.05, 4.69) is 10.3 Å². The molecule has 0 spiro atoms. The fourth-order valence-electron chi connectivity index (χ4n) is 2.42. The maximum absolute atomic E-state index is 10.4. The van der Waals surface area contributed by atoms with Gasteiger partial charge in [-0.25, -0.2) is 0 Å². The number of nitrogens with zero attached hydrogens (tertiary/aromatic N) is 6. The van der Waals surface area contributed by atoms with E-state index in [1.165, 1.54) is 12.4 Å². The quantitative estimate of drug-likeness (QED) is 0.342. The van der Waals surface area contributed by atoms with Crippen LogP contribution >= 0.6 is 0 Å². The molecule has 2 aliphatic heterocycles. The average Bonchev–Trinajstić information content (AvgIpc) is 3.02. The summed E-state index contributed by atoms with van der Waals surface area (Å²) in [5.41, 5.74) is 0. The summed E-state index contributed by atoms with van der Waals surface area (Å²) in [6, 6.07) is 0. The SMILES string of the molecule is CN1C=CN(/C=C/CCN2C=CN(C)C2/C=N/[O-])C1/C=N/[O-].[Cl-].[Cl-]. The fourth-order valence-corrected chi connectivity index (χ4v) is 2.42. The molecule has 0 aromatic rings. The first kappa shape index (κ1) is 21.9. The molecule has 0 bridgehead atoms. The first-order valence-corrected chi connectivity index (χ1v) is 6.99. The van der Waals surface area contributed by atoms with Crippen LogP contribution in [0.15, 0.2) is 47.4 Å². The molecule has 2 unspecified atom stereocenters. The molecule has 0 aromatic heterocycles. The van der Waals surface area contributed by atoms with Gasteiger partial charge in [0.05, 0.1) is 0 Å². The molecular formula is C14H20Cl2N6O2-4. The molecule has 136 valence electrons. The molecule has 0 fully saturated rings. The van der Waals surface area contributed by atoms with Crippen molar-refractivity contribution in [2.45, 2.75) is 18.8 Å². The van der Waals surface area contributed by atoms with E-state index in [1.54, 1.807) is 0 Å². The van der Waals surface area contributed by atoms with Gasteiger partial charge in [-0.15, -0.1) is 0 Å². The standard InChI is InChI=1S/C14H22N6O2.2ClH/c1-17-7-9-19(13(17)11-15-21)5-3-4-6-20-10-8-18(2)14(20)12-16-22;;/h3,5,7-14,21-22H,4,6H2,1-2H3;2*1H/p-4/b5-3+,15-11+,16-12+;;. The van der Waals surface area contributed by atoms with Crippen molar-refractivity contribution in [2.24, 2.45) is 10.3 Å². The van der Waals surface area contributed by atoms with Gasteiger partial charge in [-0.2, -0.15) is 0 Å². The monoisotopic (exact) mass is 374 g/mol. The lowest BCUT2D eigenvalue weighted by molar-refractivity contribution is -0.00100. The molecule has 0 aliphatic carbocycles. The molecule has 0 saturated heterocycles. The molecule has 0 radical (unpaired) electrons. The summed E-state index contributed by atoms with van der Waals surface area (Å²) >= 11 is 0. The highest BCUT2D eigenvalue weighted by molar-refractivity contribution is 5.66. The van der Waals surface area contributed by atoms with Crippen LogP contribution in [0.1, 0.15) is 6.42 Å². The van der Waals surface area contributed by atoms with Crippen molar-refractivity contribution < 1.29 is 24.8 Å². The summed E-state index contributed by atoms with van der Waals surface area (Å²) in [4.78, 5) is 7.76. The fraction of sp³-hybridized carbons (Fsp3) is 0.429. The number of hydrogen-bond acceptors (Lipinski definition) is 8. The van der Waals surface area contributed by atoms with Gasteiger partial charge in [-0.05, 0) is 6.42 Å². The van der Waals surface area contributed by atoms with Crippen molar-refractivity contribution in [1.29, 1.82) is 0 Å². The lowest BCUT2D eigenvalue weighted by Crippen LogP contribution is -3.00. The predicted octanol–water partition coefficient (Wildman–Crippen LogP) is -4.88. The zero-order valence-electron chi connectivity index (χ0n) is 13.4. The minimum absolute atomic E-state index is 0. The average molecular weight is 375 g/mol. The van der Waals surface area contributed by atoms with Crippen LogP contribution in [0.2, 0.25) is 0 Å². The Morgan fingerprint density at radius 1 is 0.917 bits per heavy atom. The number of halogens is 2. The van der Waals surface area contributed by atoms with Crippen LogP contribution in [0.3, 0.4) is 0 Å². The molecule has 10 heteroatoms. The van der Waals surface area contributed by atoms with E-state index < -0.39 is 0 Å². The molecule has 0 saturated carbocycles. The molecule has 0 N–H and O–H groups in total. The van der Waals surface area contributed by atoms with Crippen molar-refractivity contribution >= 4 is 12.4 Å². The molecule has 0 amide bonds. The Kier molecular flexibility index (Phi) is 9.75. The zero-order chi connectivity index (χ0) is 15.9. The van der Waals surface area contributed by atoms with E-state index in [4.69, 9.17) is 0 Å². The smallest absolute Gasteiger partial charge is 0.140 e. The number of rotatable bonds is 6. The highest BCUT2D eigenvalue weighted by Crippen LogP contribution is 2.15. The van der Waals surface area contributed by atoms with Crippen LogP contribution in [0.5, 0.6) is 0 Å². The van der Waals surface area contributed by atoms with Crippen molar-refractivity contribution in [1.82, 2.24) is 19.6 Å². The molecule has 8 nitrogen and oxygen atoms in total. The first-order valence-electron chi connectivity index (χ1n) is 6.99. The van der Waals surface area contributed by atoms with Gasteiger partial charge in [-0.1, -0.05) is 6.08 Å². The highest BCUT2D eigenvalue weighted by Gasteiger charge is 2.21. The van der Waals surface area contributed by atoms with E-state index in [0.717, 1.165) is 13.0 Å². The number of hydrogen-bond donors (Lipinski definition) is 0. The first-order chi connectivity index (χ1) is 10.7. The van der Waals surface area contributed by atoms with E-state index in [9.17, 15) is 10.4 Å².